The molecule has 168 valence electrons. The molecule has 2 aromatic carbocycles. The van der Waals surface area contributed by atoms with Gasteiger partial charge >= 0.3 is 0 Å². The van der Waals surface area contributed by atoms with Crippen molar-refractivity contribution in [2.75, 3.05) is 19.7 Å². The van der Waals surface area contributed by atoms with Gasteiger partial charge < -0.3 is 4.74 Å². The molecular formula is C27H36ClNO2. The predicted octanol–water partition coefficient (Wildman–Crippen LogP) is 6.36. The van der Waals surface area contributed by atoms with E-state index >= 15 is 0 Å². The summed E-state index contributed by atoms with van der Waals surface area (Å²) >= 11 is 0. The lowest BCUT2D eigenvalue weighted by atomic mass is 9.95. The summed E-state index contributed by atoms with van der Waals surface area (Å²) in [4.78, 5) is 14.9. The van der Waals surface area contributed by atoms with Crippen LogP contribution in [-0.2, 0) is 11.2 Å². The molecule has 0 aromatic heterocycles. The van der Waals surface area contributed by atoms with Crippen molar-refractivity contribution < 1.29 is 9.53 Å². The first kappa shape index (κ1) is 25.2. The molecule has 1 saturated heterocycles. The number of ether oxygens (including phenoxy) is 1. The van der Waals surface area contributed by atoms with Crippen molar-refractivity contribution in [3.63, 3.8) is 0 Å². The van der Waals surface area contributed by atoms with E-state index in [1.165, 1.54) is 24.8 Å². The Morgan fingerprint density at radius 1 is 1.10 bits per heavy atom. The van der Waals surface area contributed by atoms with Gasteiger partial charge in [-0.3, -0.25) is 9.69 Å². The van der Waals surface area contributed by atoms with E-state index in [1.54, 1.807) is 6.08 Å². The minimum absolute atomic E-state index is 0. The third-order valence-electron chi connectivity index (χ3n) is 5.82. The number of carbonyl (C=O) groups is 1. The Morgan fingerprint density at radius 2 is 1.87 bits per heavy atom. The second-order valence-corrected chi connectivity index (χ2v) is 8.20. The van der Waals surface area contributed by atoms with Crippen molar-refractivity contribution in [3.8, 4) is 5.75 Å². The van der Waals surface area contributed by atoms with E-state index in [2.05, 4.69) is 42.2 Å². The number of rotatable bonds is 11. The van der Waals surface area contributed by atoms with Gasteiger partial charge in [0.25, 0.3) is 0 Å². The third kappa shape index (κ3) is 8.88. The van der Waals surface area contributed by atoms with Crippen LogP contribution in [0.3, 0.4) is 0 Å². The van der Waals surface area contributed by atoms with Gasteiger partial charge in [0, 0.05) is 19.0 Å². The molecule has 0 aliphatic carbocycles. The second kappa shape index (κ2) is 14.1. The molecule has 1 atom stereocenters. The quantitative estimate of drug-likeness (QED) is 0.300. The van der Waals surface area contributed by atoms with Crippen molar-refractivity contribution in [2.45, 2.75) is 57.9 Å². The Bertz CT molecular complexity index is 789. The second-order valence-electron chi connectivity index (χ2n) is 8.20. The molecule has 0 N–H and O–H groups in total. The predicted molar refractivity (Wildman–Crippen MR) is 132 cm³/mol. The van der Waals surface area contributed by atoms with E-state index in [0.717, 1.165) is 50.3 Å². The van der Waals surface area contributed by atoms with Crippen LogP contribution in [0, 0.1) is 0 Å². The number of carbonyl (C=O) groups excluding carboxylic acids is 1. The van der Waals surface area contributed by atoms with Gasteiger partial charge in [0.1, 0.15) is 5.75 Å². The van der Waals surface area contributed by atoms with E-state index in [4.69, 9.17) is 4.74 Å². The first-order chi connectivity index (χ1) is 14.7. The number of benzene rings is 2. The highest BCUT2D eigenvalue weighted by atomic mass is 35.5. The minimum atomic E-state index is 0. The van der Waals surface area contributed by atoms with Crippen LogP contribution >= 0.6 is 12.4 Å². The molecule has 3 rings (SSSR count). The standard InChI is InChI=1S/C27H35NO2.ClH/c1-2-3-21-30-27-16-13-23(14-17-27)12-15-26(29)18-20-28-19-8-7-11-25(28)22-24-9-5-4-6-10-24;/h4-6,9-10,12-17,25H,2-3,7-8,11,18-22H2,1H3;1H. The summed E-state index contributed by atoms with van der Waals surface area (Å²) in [5.74, 6) is 1.09. The van der Waals surface area contributed by atoms with Crippen molar-refractivity contribution in [2.24, 2.45) is 0 Å². The zero-order chi connectivity index (χ0) is 21.0. The Kier molecular flexibility index (Phi) is 11.4. The van der Waals surface area contributed by atoms with Crippen LogP contribution in [0.25, 0.3) is 6.08 Å². The van der Waals surface area contributed by atoms with Crippen molar-refractivity contribution in [3.05, 3.63) is 71.8 Å². The molecule has 1 unspecified atom stereocenters. The van der Waals surface area contributed by atoms with E-state index in [0.29, 0.717) is 12.5 Å². The molecule has 3 nitrogen and oxygen atoms in total. The molecule has 31 heavy (non-hydrogen) atoms. The summed E-state index contributed by atoms with van der Waals surface area (Å²) in [7, 11) is 0. The summed E-state index contributed by atoms with van der Waals surface area (Å²) in [5, 5.41) is 0. The maximum absolute atomic E-state index is 12.4. The van der Waals surface area contributed by atoms with Gasteiger partial charge in [-0.15, -0.1) is 12.4 Å². The Balaban J connectivity index is 0.00000341. The van der Waals surface area contributed by atoms with Gasteiger partial charge in [-0.2, -0.15) is 0 Å². The summed E-state index contributed by atoms with van der Waals surface area (Å²) in [6.45, 7) is 4.87. The van der Waals surface area contributed by atoms with Crippen LogP contribution in [0.1, 0.15) is 56.6 Å². The number of hydrogen-bond donors (Lipinski definition) is 0. The van der Waals surface area contributed by atoms with Crippen LogP contribution in [0.15, 0.2) is 60.7 Å². The number of ketones is 1. The van der Waals surface area contributed by atoms with Crippen LogP contribution in [0.5, 0.6) is 5.75 Å². The van der Waals surface area contributed by atoms with Gasteiger partial charge in [0.15, 0.2) is 5.78 Å². The lowest BCUT2D eigenvalue weighted by Gasteiger charge is -2.35. The smallest absolute Gasteiger partial charge is 0.156 e. The molecule has 1 fully saturated rings. The molecule has 1 heterocycles. The van der Waals surface area contributed by atoms with E-state index in [-0.39, 0.29) is 18.2 Å². The van der Waals surface area contributed by atoms with Crippen molar-refractivity contribution in [1.82, 2.24) is 4.90 Å². The van der Waals surface area contributed by atoms with Crippen LogP contribution in [-0.4, -0.2) is 36.4 Å². The zero-order valence-electron chi connectivity index (χ0n) is 18.7. The largest absolute Gasteiger partial charge is 0.494 e. The first-order valence-corrected chi connectivity index (χ1v) is 11.5. The van der Waals surface area contributed by atoms with Gasteiger partial charge in [-0.1, -0.05) is 68.3 Å². The van der Waals surface area contributed by atoms with E-state index < -0.39 is 0 Å². The maximum Gasteiger partial charge on any atom is 0.156 e. The molecule has 0 amide bonds. The number of nitrogens with zero attached hydrogens (tertiary/aromatic N) is 1. The molecule has 0 bridgehead atoms. The number of halogens is 1. The van der Waals surface area contributed by atoms with Crippen LogP contribution in [0.2, 0.25) is 0 Å². The van der Waals surface area contributed by atoms with Gasteiger partial charge in [-0.05, 0) is 61.6 Å². The van der Waals surface area contributed by atoms with Gasteiger partial charge in [0.05, 0.1) is 6.61 Å². The first-order valence-electron chi connectivity index (χ1n) is 11.5. The number of likely N-dealkylation sites (tertiary alicyclic amines) is 1. The SMILES string of the molecule is CCCCOc1ccc(C=CC(=O)CCN2CCCCC2Cc2ccccc2)cc1.Cl. The Labute approximate surface area is 193 Å². The van der Waals surface area contributed by atoms with Crippen LogP contribution < -0.4 is 4.74 Å². The Hall–Kier alpha value is -2.10. The molecule has 1 aliphatic rings. The van der Waals surface area contributed by atoms with E-state index in [1.807, 2.05) is 30.3 Å². The normalized spacial score (nSPS) is 16.7. The third-order valence-corrected chi connectivity index (χ3v) is 5.82. The molecule has 0 radical (unpaired) electrons. The highest BCUT2D eigenvalue weighted by Crippen LogP contribution is 2.21. The monoisotopic (exact) mass is 441 g/mol. The van der Waals surface area contributed by atoms with Gasteiger partial charge in [-0.25, -0.2) is 0 Å². The maximum atomic E-state index is 12.4. The van der Waals surface area contributed by atoms with Crippen molar-refractivity contribution >= 4 is 24.3 Å². The lowest BCUT2D eigenvalue weighted by molar-refractivity contribution is -0.115. The highest BCUT2D eigenvalue weighted by molar-refractivity contribution is 5.93. The number of hydrogen-bond acceptors (Lipinski definition) is 3. The Morgan fingerprint density at radius 3 is 2.61 bits per heavy atom. The molecule has 0 saturated carbocycles. The molecule has 1 aliphatic heterocycles. The topological polar surface area (TPSA) is 29.5 Å². The lowest BCUT2D eigenvalue weighted by Crippen LogP contribution is -2.41. The van der Waals surface area contributed by atoms with Crippen molar-refractivity contribution in [1.29, 1.82) is 0 Å². The number of piperidine rings is 1. The summed E-state index contributed by atoms with van der Waals surface area (Å²) in [6, 6.07) is 19.2. The fourth-order valence-corrected chi connectivity index (χ4v) is 4.01. The van der Waals surface area contributed by atoms with Crippen LogP contribution in [0.4, 0.5) is 0 Å². The number of unbranched alkanes of at least 4 members (excludes halogenated alkanes) is 1. The molecule has 4 heteroatoms. The molecule has 0 spiro atoms. The average Bonchev–Trinajstić information content (AvgIpc) is 2.79. The average molecular weight is 442 g/mol. The fourth-order valence-electron chi connectivity index (χ4n) is 4.01. The zero-order valence-corrected chi connectivity index (χ0v) is 19.5. The molecule has 2 aromatic rings. The summed E-state index contributed by atoms with van der Waals surface area (Å²) in [6.07, 6.45) is 11.3. The summed E-state index contributed by atoms with van der Waals surface area (Å²) < 4.78 is 5.69. The van der Waals surface area contributed by atoms with E-state index in [9.17, 15) is 4.79 Å². The fraction of sp³-hybridized carbons (Fsp3) is 0.444. The minimum Gasteiger partial charge on any atom is -0.494 e. The van der Waals surface area contributed by atoms with Gasteiger partial charge in [0.2, 0.25) is 0 Å². The number of allylic oxidation sites excluding steroid dienone is 1. The summed E-state index contributed by atoms with van der Waals surface area (Å²) in [5.41, 5.74) is 2.42. The highest BCUT2D eigenvalue weighted by Gasteiger charge is 2.22. The molecular weight excluding hydrogens is 406 g/mol.